The molecule has 0 atom stereocenters. The Morgan fingerprint density at radius 2 is 1.56 bits per heavy atom. The highest BCUT2D eigenvalue weighted by Gasteiger charge is 2.42. The van der Waals surface area contributed by atoms with Gasteiger partial charge >= 0.3 is 0 Å². The van der Waals surface area contributed by atoms with Gasteiger partial charge < -0.3 is 10.4 Å². The molecule has 2 heteroatoms. The second-order valence-corrected chi connectivity index (χ2v) is 6.47. The van der Waals surface area contributed by atoms with Gasteiger partial charge in [-0.1, -0.05) is 26.7 Å². The van der Waals surface area contributed by atoms with Crippen LogP contribution in [-0.2, 0) is 0 Å². The zero-order valence-electron chi connectivity index (χ0n) is 10.9. The number of rotatable bonds is 3. The van der Waals surface area contributed by atoms with E-state index in [1.807, 2.05) is 0 Å². The highest BCUT2D eigenvalue weighted by atomic mass is 16.3. The van der Waals surface area contributed by atoms with Crippen LogP contribution in [0.1, 0.15) is 65.2 Å². The van der Waals surface area contributed by atoms with Crippen LogP contribution < -0.4 is 5.32 Å². The Bertz CT molecular complexity index is 221. The predicted octanol–water partition coefficient (Wildman–Crippen LogP) is 2.85. The van der Waals surface area contributed by atoms with Crippen molar-refractivity contribution < 1.29 is 5.11 Å². The molecule has 2 nitrogen and oxygen atoms in total. The van der Waals surface area contributed by atoms with Crippen molar-refractivity contribution in [3.8, 4) is 0 Å². The van der Waals surface area contributed by atoms with Gasteiger partial charge in [0.15, 0.2) is 0 Å². The first-order valence-electron chi connectivity index (χ1n) is 7.00. The second kappa shape index (κ2) is 4.66. The number of nitrogens with one attached hydrogen (secondary N) is 1. The van der Waals surface area contributed by atoms with Gasteiger partial charge in [-0.05, 0) is 43.9 Å². The van der Waals surface area contributed by atoms with Gasteiger partial charge in [-0.15, -0.1) is 0 Å². The lowest BCUT2D eigenvalue weighted by Gasteiger charge is -2.42. The van der Waals surface area contributed by atoms with Gasteiger partial charge in [-0.25, -0.2) is 0 Å². The monoisotopic (exact) mass is 225 g/mol. The van der Waals surface area contributed by atoms with Crippen LogP contribution in [0.5, 0.6) is 0 Å². The minimum absolute atomic E-state index is 0.419. The molecule has 0 bridgehead atoms. The molecule has 2 fully saturated rings. The average Bonchev–Trinajstić information content (AvgIpc) is 2.70. The van der Waals surface area contributed by atoms with Crippen molar-refractivity contribution in [2.24, 2.45) is 5.41 Å². The lowest BCUT2D eigenvalue weighted by Crippen LogP contribution is -2.47. The summed E-state index contributed by atoms with van der Waals surface area (Å²) in [5, 5.41) is 13.9. The third kappa shape index (κ3) is 2.78. The van der Waals surface area contributed by atoms with Crippen molar-refractivity contribution in [2.75, 3.05) is 6.54 Å². The smallest absolute Gasteiger partial charge is 0.0772 e. The molecular weight excluding hydrogens is 198 g/mol. The minimum Gasteiger partial charge on any atom is -0.389 e. The van der Waals surface area contributed by atoms with E-state index in [0.29, 0.717) is 11.5 Å². The first-order valence-corrected chi connectivity index (χ1v) is 7.00. The summed E-state index contributed by atoms with van der Waals surface area (Å²) in [6.45, 7) is 5.07. The van der Waals surface area contributed by atoms with Crippen molar-refractivity contribution in [1.29, 1.82) is 0 Å². The number of hydrogen-bond acceptors (Lipinski definition) is 2. The van der Waals surface area contributed by atoms with Crippen LogP contribution in [-0.4, -0.2) is 23.3 Å². The van der Waals surface area contributed by atoms with Gasteiger partial charge in [0, 0.05) is 12.6 Å². The van der Waals surface area contributed by atoms with Crippen LogP contribution in [0.25, 0.3) is 0 Å². The van der Waals surface area contributed by atoms with Crippen LogP contribution in [0.15, 0.2) is 0 Å². The molecule has 0 aromatic heterocycles. The highest BCUT2D eigenvalue weighted by Crippen LogP contribution is 2.51. The van der Waals surface area contributed by atoms with E-state index in [9.17, 15) is 5.11 Å². The van der Waals surface area contributed by atoms with Gasteiger partial charge in [-0.2, -0.15) is 0 Å². The quantitative estimate of drug-likeness (QED) is 0.774. The Morgan fingerprint density at radius 3 is 2.06 bits per heavy atom. The average molecular weight is 225 g/mol. The summed E-state index contributed by atoms with van der Waals surface area (Å²) in [6.07, 6.45) is 10.2. The summed E-state index contributed by atoms with van der Waals surface area (Å²) >= 11 is 0. The molecule has 0 saturated heterocycles. The summed E-state index contributed by atoms with van der Waals surface area (Å²) in [5.41, 5.74) is 0.210. The second-order valence-electron chi connectivity index (χ2n) is 6.47. The van der Waals surface area contributed by atoms with E-state index in [0.717, 1.165) is 19.4 Å². The van der Waals surface area contributed by atoms with Gasteiger partial charge in [0.2, 0.25) is 0 Å². The SMILES string of the molecule is CC(C)NCC1(O)CCC2(CCCC2)CC1. The van der Waals surface area contributed by atoms with Crippen molar-refractivity contribution in [1.82, 2.24) is 5.32 Å². The first-order chi connectivity index (χ1) is 7.54. The lowest BCUT2D eigenvalue weighted by molar-refractivity contribution is -0.0324. The van der Waals surface area contributed by atoms with Crippen LogP contribution in [0.4, 0.5) is 0 Å². The predicted molar refractivity (Wildman–Crippen MR) is 67.5 cm³/mol. The zero-order valence-corrected chi connectivity index (χ0v) is 10.9. The zero-order chi connectivity index (χ0) is 11.6. The van der Waals surface area contributed by atoms with E-state index in [-0.39, 0.29) is 0 Å². The van der Waals surface area contributed by atoms with E-state index < -0.39 is 5.60 Å². The first kappa shape index (κ1) is 12.4. The van der Waals surface area contributed by atoms with Crippen LogP contribution in [0.3, 0.4) is 0 Å². The van der Waals surface area contributed by atoms with Crippen molar-refractivity contribution in [3.63, 3.8) is 0 Å². The molecule has 0 heterocycles. The fraction of sp³-hybridized carbons (Fsp3) is 1.00. The largest absolute Gasteiger partial charge is 0.389 e. The van der Waals surface area contributed by atoms with E-state index in [2.05, 4.69) is 19.2 Å². The molecule has 0 amide bonds. The van der Waals surface area contributed by atoms with Crippen LogP contribution in [0, 0.1) is 5.41 Å². The van der Waals surface area contributed by atoms with Gasteiger partial charge in [0.05, 0.1) is 5.60 Å². The van der Waals surface area contributed by atoms with Gasteiger partial charge in [0.1, 0.15) is 0 Å². The van der Waals surface area contributed by atoms with E-state index in [4.69, 9.17) is 0 Å². The molecule has 0 aromatic rings. The third-order valence-electron chi connectivity index (χ3n) is 4.74. The Balaban J connectivity index is 1.83. The molecule has 0 aromatic carbocycles. The normalized spacial score (nSPS) is 27.8. The van der Waals surface area contributed by atoms with E-state index in [1.165, 1.54) is 38.5 Å². The maximum atomic E-state index is 10.5. The number of hydrogen-bond donors (Lipinski definition) is 2. The fourth-order valence-electron chi connectivity index (χ4n) is 3.44. The third-order valence-corrected chi connectivity index (χ3v) is 4.74. The summed E-state index contributed by atoms with van der Waals surface area (Å²) in [6, 6.07) is 0.478. The van der Waals surface area contributed by atoms with E-state index >= 15 is 0 Å². The molecule has 0 unspecified atom stereocenters. The molecule has 1 spiro atoms. The molecule has 0 radical (unpaired) electrons. The summed E-state index contributed by atoms with van der Waals surface area (Å²) in [7, 11) is 0. The Labute approximate surface area is 99.8 Å². The molecule has 2 saturated carbocycles. The van der Waals surface area contributed by atoms with Crippen molar-refractivity contribution in [3.05, 3.63) is 0 Å². The van der Waals surface area contributed by atoms with Crippen molar-refractivity contribution in [2.45, 2.75) is 76.9 Å². The molecule has 2 rings (SSSR count). The maximum Gasteiger partial charge on any atom is 0.0772 e. The van der Waals surface area contributed by atoms with Crippen LogP contribution >= 0.6 is 0 Å². The summed E-state index contributed by atoms with van der Waals surface area (Å²) < 4.78 is 0. The molecule has 2 N–H and O–H groups in total. The fourth-order valence-corrected chi connectivity index (χ4v) is 3.44. The molecule has 0 aliphatic heterocycles. The lowest BCUT2D eigenvalue weighted by atomic mass is 9.67. The molecule has 16 heavy (non-hydrogen) atoms. The standard InChI is InChI=1S/C14H27NO/c1-12(2)15-11-14(16)9-7-13(8-10-14)5-3-4-6-13/h12,15-16H,3-11H2,1-2H3. The topological polar surface area (TPSA) is 32.3 Å². The summed E-state index contributed by atoms with van der Waals surface area (Å²) in [5.74, 6) is 0. The summed E-state index contributed by atoms with van der Waals surface area (Å²) in [4.78, 5) is 0. The van der Waals surface area contributed by atoms with Gasteiger partial charge in [-0.3, -0.25) is 0 Å². The molecule has 94 valence electrons. The van der Waals surface area contributed by atoms with Gasteiger partial charge in [0.25, 0.3) is 0 Å². The minimum atomic E-state index is -0.419. The van der Waals surface area contributed by atoms with Crippen molar-refractivity contribution >= 4 is 0 Å². The molecule has 2 aliphatic rings. The Morgan fingerprint density at radius 1 is 1.00 bits per heavy atom. The molecule has 2 aliphatic carbocycles. The maximum absolute atomic E-state index is 10.5. The van der Waals surface area contributed by atoms with E-state index in [1.54, 1.807) is 0 Å². The highest BCUT2D eigenvalue weighted by molar-refractivity contribution is 4.96. The number of aliphatic hydroxyl groups is 1. The Kier molecular flexibility index (Phi) is 3.60. The van der Waals surface area contributed by atoms with Crippen LogP contribution in [0.2, 0.25) is 0 Å². The Hall–Kier alpha value is -0.0800. The molecular formula is C14H27NO.